The summed E-state index contributed by atoms with van der Waals surface area (Å²) in [6, 6.07) is 27.2. The Hall–Kier alpha value is -5.32. The van der Waals surface area contributed by atoms with E-state index in [2.05, 4.69) is 28.6 Å². The van der Waals surface area contributed by atoms with E-state index in [0.717, 1.165) is 84.8 Å². The number of anilines is 2. The molecule has 2 aromatic heterocycles. The van der Waals surface area contributed by atoms with E-state index in [9.17, 15) is 14.8 Å². The SMILES string of the molecule is CC(CC(=O)O)Cc1cccc(OCCCCNc2ccccn2)c1.CCOC(=O)CC(C)Cc1cccc(OCCCCNc2cccc[n+]2O)c1. The fourth-order valence-corrected chi connectivity index (χ4v) is 5.59. The van der Waals surface area contributed by atoms with Crippen LogP contribution < -0.4 is 24.8 Å². The van der Waals surface area contributed by atoms with Crippen LogP contribution in [0.4, 0.5) is 11.6 Å². The van der Waals surface area contributed by atoms with Crippen molar-refractivity contribution in [2.45, 2.75) is 72.1 Å². The molecule has 2 heterocycles. The van der Waals surface area contributed by atoms with Crippen molar-refractivity contribution in [2.24, 2.45) is 11.8 Å². The van der Waals surface area contributed by atoms with E-state index >= 15 is 0 Å². The summed E-state index contributed by atoms with van der Waals surface area (Å²) in [5.74, 6) is 2.72. The highest BCUT2D eigenvalue weighted by Gasteiger charge is 2.12. The summed E-state index contributed by atoms with van der Waals surface area (Å²) < 4.78 is 17.7. The van der Waals surface area contributed by atoms with Gasteiger partial charge in [0, 0.05) is 31.6 Å². The minimum Gasteiger partial charge on any atom is -0.494 e. The van der Waals surface area contributed by atoms with Crippen LogP contribution in [0.3, 0.4) is 0 Å². The first kappa shape index (κ1) is 42.1. The maximum absolute atomic E-state index is 11.6. The van der Waals surface area contributed by atoms with Gasteiger partial charge in [0.25, 0.3) is 0 Å². The standard InChI is InChI=1S/C22H30N2O4.C20H26N2O3/c1-3-27-22(25)16-18(2)15-19-9-8-10-20(17-19)28-14-7-5-12-23-21-11-4-6-13-24(21)26;1-16(14-20(23)24)13-17-7-6-8-18(15-17)25-12-5-4-11-22-19-9-2-3-10-21-19/h4,6,8-11,13,17-18,26H,3,5,7,12,14-16H2,1-2H3;2-3,6-10,15-16H,4-5,11-14H2,1H3,(H,21,22)(H,23,24)/p+1. The molecule has 4 rings (SSSR count). The van der Waals surface area contributed by atoms with Crippen LogP contribution in [-0.4, -0.2) is 60.1 Å². The highest BCUT2D eigenvalue weighted by atomic mass is 16.5. The number of carbonyl (C=O) groups is 2. The van der Waals surface area contributed by atoms with Gasteiger partial charge in [-0.05, 0) is 111 Å². The van der Waals surface area contributed by atoms with Crippen LogP contribution in [0.1, 0.15) is 70.4 Å². The van der Waals surface area contributed by atoms with E-state index < -0.39 is 5.97 Å². The topological polar surface area (TPSA) is 143 Å². The van der Waals surface area contributed by atoms with Gasteiger partial charge in [0.2, 0.25) is 0 Å². The highest BCUT2D eigenvalue weighted by Crippen LogP contribution is 2.20. The molecule has 0 bridgehead atoms. The van der Waals surface area contributed by atoms with Gasteiger partial charge >= 0.3 is 17.8 Å². The number of unbranched alkanes of at least 4 members (excludes halogenated alkanes) is 2. The smallest absolute Gasteiger partial charge is 0.313 e. The summed E-state index contributed by atoms with van der Waals surface area (Å²) in [6.45, 7) is 9.19. The molecular formula is C42H57N4O7+. The van der Waals surface area contributed by atoms with E-state index in [1.54, 1.807) is 18.5 Å². The van der Waals surface area contributed by atoms with Gasteiger partial charge in [0.1, 0.15) is 23.5 Å². The lowest BCUT2D eigenvalue weighted by Crippen LogP contribution is -2.33. The Morgan fingerprint density at radius 3 is 1.92 bits per heavy atom. The third-order valence-electron chi connectivity index (χ3n) is 8.10. The van der Waals surface area contributed by atoms with Gasteiger partial charge in [0.15, 0.2) is 0 Å². The zero-order chi connectivity index (χ0) is 38.1. The maximum atomic E-state index is 11.6. The van der Waals surface area contributed by atoms with Gasteiger partial charge in [-0.25, -0.2) is 4.98 Å². The normalized spacial score (nSPS) is 11.7. The number of nitrogens with zero attached hydrogens (tertiary/aromatic N) is 2. The van der Waals surface area contributed by atoms with Gasteiger partial charge in [0.05, 0.1) is 26.4 Å². The summed E-state index contributed by atoms with van der Waals surface area (Å²) >= 11 is 0. The number of aromatic nitrogens is 2. The lowest BCUT2D eigenvalue weighted by Gasteiger charge is -2.12. The van der Waals surface area contributed by atoms with Crippen molar-refractivity contribution in [3.05, 3.63) is 108 Å². The van der Waals surface area contributed by atoms with Gasteiger partial charge in [-0.15, -0.1) is 0 Å². The second kappa shape index (κ2) is 24.8. The van der Waals surface area contributed by atoms with E-state index in [-0.39, 0.29) is 24.2 Å². The van der Waals surface area contributed by atoms with Crippen molar-refractivity contribution in [3.63, 3.8) is 0 Å². The summed E-state index contributed by atoms with van der Waals surface area (Å²) in [4.78, 5) is 26.5. The van der Waals surface area contributed by atoms with Crippen molar-refractivity contribution in [2.75, 3.05) is 43.5 Å². The molecule has 0 aliphatic rings. The molecule has 0 aliphatic carbocycles. The molecule has 53 heavy (non-hydrogen) atoms. The Bertz CT molecular complexity index is 1620. The number of carbonyl (C=O) groups excluding carboxylic acids is 1. The number of benzene rings is 2. The molecule has 0 saturated carbocycles. The molecule has 0 spiro atoms. The van der Waals surface area contributed by atoms with Crippen LogP contribution in [0, 0.1) is 11.8 Å². The maximum Gasteiger partial charge on any atom is 0.313 e. The highest BCUT2D eigenvalue weighted by molar-refractivity contribution is 5.69. The zero-order valence-electron chi connectivity index (χ0n) is 31.4. The Morgan fingerprint density at radius 2 is 1.36 bits per heavy atom. The molecule has 2 aromatic carbocycles. The summed E-state index contributed by atoms with van der Waals surface area (Å²) in [6.07, 6.45) is 9.36. The van der Waals surface area contributed by atoms with Crippen molar-refractivity contribution in [1.29, 1.82) is 0 Å². The minimum absolute atomic E-state index is 0.116. The van der Waals surface area contributed by atoms with Gasteiger partial charge in [-0.2, -0.15) is 0 Å². The molecule has 0 fully saturated rings. The first-order chi connectivity index (χ1) is 25.7. The Labute approximate surface area is 314 Å². The Balaban J connectivity index is 0.000000287. The van der Waals surface area contributed by atoms with Crippen LogP contribution in [0.25, 0.3) is 0 Å². The van der Waals surface area contributed by atoms with Gasteiger partial charge in [-0.3, -0.25) is 14.9 Å². The number of rotatable bonds is 23. The lowest BCUT2D eigenvalue weighted by molar-refractivity contribution is -0.893. The number of carboxylic acid groups (broad SMARTS) is 1. The number of hydrogen-bond acceptors (Lipinski definition) is 9. The Morgan fingerprint density at radius 1 is 0.755 bits per heavy atom. The molecule has 0 radical (unpaired) electrons. The van der Waals surface area contributed by atoms with Crippen LogP contribution in [0.15, 0.2) is 97.3 Å². The fourth-order valence-electron chi connectivity index (χ4n) is 5.59. The average molecular weight is 730 g/mol. The molecule has 4 aromatic rings. The molecule has 2 atom stereocenters. The molecule has 4 N–H and O–H groups in total. The monoisotopic (exact) mass is 729 g/mol. The summed E-state index contributed by atoms with van der Waals surface area (Å²) in [7, 11) is 0. The fraction of sp³-hybridized carbons (Fsp3) is 0.429. The van der Waals surface area contributed by atoms with Crippen LogP contribution in [0.5, 0.6) is 11.5 Å². The first-order valence-electron chi connectivity index (χ1n) is 18.6. The molecule has 286 valence electrons. The van der Waals surface area contributed by atoms with Gasteiger partial charge < -0.3 is 29.8 Å². The van der Waals surface area contributed by atoms with Crippen molar-refractivity contribution >= 4 is 23.6 Å². The minimum atomic E-state index is -0.751. The molecule has 0 amide bonds. The lowest BCUT2D eigenvalue weighted by atomic mass is 9.98. The zero-order valence-corrected chi connectivity index (χ0v) is 31.4. The molecule has 2 unspecified atom stereocenters. The number of pyridine rings is 2. The third kappa shape index (κ3) is 18.7. The molecule has 0 saturated heterocycles. The second-order valence-electron chi connectivity index (χ2n) is 13.1. The summed E-state index contributed by atoms with van der Waals surface area (Å²) in [5, 5.41) is 24.9. The van der Waals surface area contributed by atoms with E-state index in [4.69, 9.17) is 19.3 Å². The third-order valence-corrected chi connectivity index (χ3v) is 8.10. The summed E-state index contributed by atoms with van der Waals surface area (Å²) in [5.41, 5.74) is 2.27. The predicted octanol–water partition coefficient (Wildman–Crippen LogP) is 7.62. The number of carboxylic acids is 1. The van der Waals surface area contributed by atoms with Crippen LogP contribution in [0.2, 0.25) is 0 Å². The molecule has 0 aliphatic heterocycles. The second-order valence-corrected chi connectivity index (χ2v) is 13.1. The molecular weight excluding hydrogens is 672 g/mol. The number of aliphatic carboxylic acids is 1. The molecule has 11 nitrogen and oxygen atoms in total. The van der Waals surface area contributed by atoms with Crippen molar-refractivity contribution < 1.29 is 38.8 Å². The average Bonchev–Trinajstić information content (AvgIpc) is 3.12. The van der Waals surface area contributed by atoms with Crippen molar-refractivity contribution in [1.82, 2.24) is 4.98 Å². The Kier molecular flexibility index (Phi) is 19.7. The molecule has 11 heteroatoms. The van der Waals surface area contributed by atoms with E-state index in [0.29, 0.717) is 32.1 Å². The predicted molar refractivity (Wildman–Crippen MR) is 207 cm³/mol. The van der Waals surface area contributed by atoms with E-state index in [1.165, 1.54) is 0 Å². The van der Waals surface area contributed by atoms with Gasteiger partial charge in [-0.1, -0.05) is 55.0 Å². The number of hydrogen-bond donors (Lipinski definition) is 4. The number of nitrogens with one attached hydrogen (secondary N) is 2. The van der Waals surface area contributed by atoms with Crippen LogP contribution >= 0.6 is 0 Å². The van der Waals surface area contributed by atoms with Crippen LogP contribution in [-0.2, 0) is 27.2 Å². The number of ether oxygens (including phenoxy) is 3. The first-order valence-corrected chi connectivity index (χ1v) is 18.6. The largest absolute Gasteiger partial charge is 0.494 e. The number of esters is 1. The van der Waals surface area contributed by atoms with Crippen molar-refractivity contribution in [3.8, 4) is 11.5 Å². The quantitative estimate of drug-likeness (QED) is 0.0261. The van der Waals surface area contributed by atoms with E-state index in [1.807, 2.05) is 86.6 Å².